The van der Waals surface area contributed by atoms with E-state index in [1.54, 1.807) is 0 Å². The molecule has 0 bridgehead atoms. The summed E-state index contributed by atoms with van der Waals surface area (Å²) in [5, 5.41) is 6.25. The molecule has 1 heterocycles. The van der Waals surface area contributed by atoms with Crippen LogP contribution in [0.3, 0.4) is 0 Å². The fraction of sp³-hybridized carbons (Fsp3) is 0.500. The molecule has 1 aliphatic rings. The molecule has 2 nitrogen and oxygen atoms in total. The molecule has 0 saturated carbocycles. The Morgan fingerprint density at radius 2 is 2.13 bits per heavy atom. The highest BCUT2D eigenvalue weighted by Crippen LogP contribution is 2.32. The summed E-state index contributed by atoms with van der Waals surface area (Å²) in [6.45, 7) is 1.28. The molecule has 0 unspecified atom stereocenters. The maximum absolute atomic E-state index is 14.1. The van der Waals surface area contributed by atoms with Crippen molar-refractivity contribution in [3.63, 3.8) is 0 Å². The van der Waals surface area contributed by atoms with Crippen LogP contribution in [0, 0.1) is 0 Å². The van der Waals surface area contributed by atoms with Gasteiger partial charge in [0.15, 0.2) is 0 Å². The SMILES string of the molecule is CN[C@]1(c2ccccc2)CCNC[C@H]1F. The third-order valence-corrected chi connectivity index (χ3v) is 3.29. The van der Waals surface area contributed by atoms with E-state index in [0.29, 0.717) is 6.54 Å². The van der Waals surface area contributed by atoms with Crippen LogP contribution < -0.4 is 10.6 Å². The zero-order valence-electron chi connectivity index (χ0n) is 8.96. The van der Waals surface area contributed by atoms with Crippen molar-refractivity contribution in [2.75, 3.05) is 20.1 Å². The van der Waals surface area contributed by atoms with Crippen molar-refractivity contribution in [2.45, 2.75) is 18.1 Å². The minimum absolute atomic E-state index is 0.426. The molecule has 0 amide bonds. The second-order valence-electron chi connectivity index (χ2n) is 4.01. The number of piperidine rings is 1. The van der Waals surface area contributed by atoms with Crippen LogP contribution in [0.2, 0.25) is 0 Å². The zero-order chi connectivity index (χ0) is 10.7. The largest absolute Gasteiger partial charge is 0.314 e. The average Bonchev–Trinajstić information content (AvgIpc) is 2.31. The molecule has 15 heavy (non-hydrogen) atoms. The molecule has 1 saturated heterocycles. The summed E-state index contributed by atoms with van der Waals surface area (Å²) in [6.07, 6.45) is -0.0899. The smallest absolute Gasteiger partial charge is 0.135 e. The molecule has 0 aromatic heterocycles. The van der Waals surface area contributed by atoms with E-state index in [9.17, 15) is 4.39 Å². The van der Waals surface area contributed by atoms with Gasteiger partial charge in [0.1, 0.15) is 6.17 Å². The maximum Gasteiger partial charge on any atom is 0.135 e. The first-order valence-electron chi connectivity index (χ1n) is 5.39. The summed E-state index contributed by atoms with van der Waals surface area (Å²) in [5.41, 5.74) is 0.536. The van der Waals surface area contributed by atoms with Crippen molar-refractivity contribution in [1.29, 1.82) is 0 Å². The molecular weight excluding hydrogens is 191 g/mol. The van der Waals surface area contributed by atoms with E-state index >= 15 is 0 Å². The number of hydrogen-bond acceptors (Lipinski definition) is 2. The van der Waals surface area contributed by atoms with Gasteiger partial charge in [-0.1, -0.05) is 30.3 Å². The fourth-order valence-corrected chi connectivity index (χ4v) is 2.33. The Bertz CT molecular complexity index is 315. The Labute approximate surface area is 89.9 Å². The first-order valence-corrected chi connectivity index (χ1v) is 5.39. The Hall–Kier alpha value is -0.930. The van der Waals surface area contributed by atoms with Gasteiger partial charge in [-0.2, -0.15) is 0 Å². The van der Waals surface area contributed by atoms with Crippen LogP contribution in [0.15, 0.2) is 30.3 Å². The molecule has 0 aliphatic carbocycles. The van der Waals surface area contributed by atoms with Gasteiger partial charge in [-0.3, -0.25) is 0 Å². The van der Waals surface area contributed by atoms with Crippen molar-refractivity contribution in [2.24, 2.45) is 0 Å². The molecule has 82 valence electrons. The van der Waals surface area contributed by atoms with Crippen LogP contribution in [0.1, 0.15) is 12.0 Å². The monoisotopic (exact) mass is 208 g/mol. The van der Waals surface area contributed by atoms with Gasteiger partial charge in [-0.05, 0) is 25.6 Å². The summed E-state index contributed by atoms with van der Waals surface area (Å²) in [5.74, 6) is 0. The van der Waals surface area contributed by atoms with Crippen LogP contribution in [-0.4, -0.2) is 26.3 Å². The molecule has 2 rings (SSSR count). The number of halogens is 1. The number of benzene rings is 1. The molecule has 1 aromatic rings. The van der Waals surface area contributed by atoms with E-state index in [1.165, 1.54) is 0 Å². The molecule has 1 aromatic carbocycles. The highest BCUT2D eigenvalue weighted by atomic mass is 19.1. The fourth-order valence-electron chi connectivity index (χ4n) is 2.33. The van der Waals surface area contributed by atoms with Crippen molar-refractivity contribution >= 4 is 0 Å². The van der Waals surface area contributed by atoms with Crippen LogP contribution in [0.4, 0.5) is 4.39 Å². The van der Waals surface area contributed by atoms with Gasteiger partial charge >= 0.3 is 0 Å². The van der Waals surface area contributed by atoms with E-state index < -0.39 is 11.7 Å². The lowest BCUT2D eigenvalue weighted by molar-refractivity contribution is 0.115. The number of rotatable bonds is 2. The molecule has 0 spiro atoms. The van der Waals surface area contributed by atoms with Crippen LogP contribution in [-0.2, 0) is 5.54 Å². The Morgan fingerprint density at radius 1 is 1.40 bits per heavy atom. The van der Waals surface area contributed by atoms with Crippen molar-refractivity contribution < 1.29 is 4.39 Å². The van der Waals surface area contributed by atoms with Gasteiger partial charge in [-0.15, -0.1) is 0 Å². The van der Waals surface area contributed by atoms with E-state index in [0.717, 1.165) is 18.5 Å². The summed E-state index contributed by atoms with van der Waals surface area (Å²) in [6, 6.07) is 9.87. The van der Waals surface area contributed by atoms with Crippen molar-refractivity contribution in [3.05, 3.63) is 35.9 Å². The first-order chi connectivity index (χ1) is 7.29. The topological polar surface area (TPSA) is 24.1 Å². The third-order valence-electron chi connectivity index (χ3n) is 3.29. The lowest BCUT2D eigenvalue weighted by Gasteiger charge is -2.40. The molecule has 2 atom stereocenters. The van der Waals surface area contributed by atoms with Gasteiger partial charge in [0.05, 0.1) is 5.54 Å². The van der Waals surface area contributed by atoms with Crippen molar-refractivity contribution in [3.8, 4) is 0 Å². The molecule has 2 N–H and O–H groups in total. The number of nitrogens with one attached hydrogen (secondary N) is 2. The normalized spacial score (nSPS) is 31.5. The first kappa shape index (κ1) is 10.6. The molecular formula is C12H17FN2. The predicted octanol–water partition coefficient (Wildman–Crippen LogP) is 1.43. The van der Waals surface area contributed by atoms with Crippen LogP contribution in [0.5, 0.6) is 0 Å². The summed E-state index contributed by atoms with van der Waals surface area (Å²) in [4.78, 5) is 0. The highest BCUT2D eigenvalue weighted by Gasteiger charge is 2.41. The van der Waals surface area contributed by atoms with Crippen LogP contribution in [0.25, 0.3) is 0 Å². The van der Waals surface area contributed by atoms with Gasteiger partial charge in [0.2, 0.25) is 0 Å². The summed E-state index contributed by atoms with van der Waals surface area (Å²) in [7, 11) is 1.84. The van der Waals surface area contributed by atoms with Gasteiger partial charge in [0, 0.05) is 6.54 Å². The van der Waals surface area contributed by atoms with E-state index in [2.05, 4.69) is 10.6 Å². The Kier molecular flexibility index (Phi) is 3.03. The van der Waals surface area contributed by atoms with Crippen LogP contribution >= 0.6 is 0 Å². The Balaban J connectivity index is 2.35. The minimum atomic E-state index is -0.876. The lowest BCUT2D eigenvalue weighted by Crippen LogP contribution is -2.56. The molecule has 0 radical (unpaired) electrons. The molecule has 1 fully saturated rings. The number of hydrogen-bond donors (Lipinski definition) is 2. The van der Waals surface area contributed by atoms with Gasteiger partial charge in [0.25, 0.3) is 0 Å². The second-order valence-corrected chi connectivity index (χ2v) is 4.01. The lowest BCUT2D eigenvalue weighted by atomic mass is 9.80. The standard InChI is InChI=1S/C12H17FN2/c1-14-12(7-8-15-9-11(12)13)10-5-3-2-4-6-10/h2-6,11,14-15H,7-9H2,1H3/t11-,12+/m1/s1. The maximum atomic E-state index is 14.1. The van der Waals surface area contributed by atoms with Crippen molar-refractivity contribution in [1.82, 2.24) is 10.6 Å². The summed E-state index contributed by atoms with van der Waals surface area (Å²) >= 11 is 0. The zero-order valence-corrected chi connectivity index (χ0v) is 8.96. The minimum Gasteiger partial charge on any atom is -0.314 e. The van der Waals surface area contributed by atoms with E-state index in [4.69, 9.17) is 0 Å². The van der Waals surface area contributed by atoms with E-state index in [1.807, 2.05) is 37.4 Å². The average molecular weight is 208 g/mol. The number of alkyl halides is 1. The quantitative estimate of drug-likeness (QED) is 0.768. The summed E-state index contributed by atoms with van der Waals surface area (Å²) < 4.78 is 14.1. The van der Waals surface area contributed by atoms with E-state index in [-0.39, 0.29) is 0 Å². The second kappa shape index (κ2) is 4.29. The predicted molar refractivity (Wildman–Crippen MR) is 59.6 cm³/mol. The molecule has 1 aliphatic heterocycles. The van der Waals surface area contributed by atoms with Gasteiger partial charge in [-0.25, -0.2) is 4.39 Å². The Morgan fingerprint density at radius 3 is 2.73 bits per heavy atom. The highest BCUT2D eigenvalue weighted by molar-refractivity contribution is 5.27. The third kappa shape index (κ3) is 1.77. The van der Waals surface area contributed by atoms with Gasteiger partial charge < -0.3 is 10.6 Å². The molecule has 3 heteroatoms.